The average molecular weight is 278 g/mol. The molecule has 1 unspecified atom stereocenters. The van der Waals surface area contributed by atoms with Gasteiger partial charge in [-0.15, -0.1) is 0 Å². The van der Waals surface area contributed by atoms with Crippen molar-refractivity contribution in [3.8, 4) is 12.1 Å². The molecular weight excluding hydrogens is 267 g/mol. The molecule has 0 radical (unpaired) electrons. The SMILES string of the molecule is N#Cc1ccc(CC(C#N)C(=O)c2ccccc2)c(F)c1. The van der Waals surface area contributed by atoms with Crippen LogP contribution >= 0.6 is 0 Å². The van der Waals surface area contributed by atoms with Crippen molar-refractivity contribution in [2.24, 2.45) is 5.92 Å². The van der Waals surface area contributed by atoms with Crippen LogP contribution in [0.4, 0.5) is 4.39 Å². The van der Waals surface area contributed by atoms with Crippen molar-refractivity contribution in [1.29, 1.82) is 10.5 Å². The number of nitriles is 2. The zero-order chi connectivity index (χ0) is 15.2. The van der Waals surface area contributed by atoms with E-state index in [2.05, 4.69) is 0 Å². The molecule has 3 nitrogen and oxygen atoms in total. The number of ketones is 1. The lowest BCUT2D eigenvalue weighted by atomic mass is 9.92. The van der Waals surface area contributed by atoms with Crippen LogP contribution in [0.2, 0.25) is 0 Å². The van der Waals surface area contributed by atoms with Gasteiger partial charge in [-0.3, -0.25) is 4.79 Å². The second-order valence-electron chi connectivity index (χ2n) is 4.53. The Balaban J connectivity index is 2.23. The Labute approximate surface area is 121 Å². The Kier molecular flexibility index (Phi) is 4.43. The van der Waals surface area contributed by atoms with Crippen LogP contribution < -0.4 is 0 Å². The highest BCUT2D eigenvalue weighted by atomic mass is 19.1. The van der Waals surface area contributed by atoms with E-state index < -0.39 is 11.7 Å². The first-order valence-corrected chi connectivity index (χ1v) is 6.33. The summed E-state index contributed by atoms with van der Waals surface area (Å²) in [6.07, 6.45) is -0.0121. The lowest BCUT2D eigenvalue weighted by Gasteiger charge is -2.09. The number of Topliss-reactive ketones (excluding diaryl/α,β-unsaturated/α-hetero) is 1. The van der Waals surface area contributed by atoms with E-state index in [1.165, 1.54) is 12.1 Å². The zero-order valence-electron chi connectivity index (χ0n) is 11.1. The van der Waals surface area contributed by atoms with E-state index in [1.807, 2.05) is 12.1 Å². The molecule has 0 aliphatic carbocycles. The Bertz CT molecular complexity index is 742. The number of rotatable bonds is 4. The lowest BCUT2D eigenvalue weighted by Crippen LogP contribution is -2.16. The molecule has 0 heterocycles. The highest BCUT2D eigenvalue weighted by Crippen LogP contribution is 2.18. The first kappa shape index (κ1) is 14.4. The molecule has 0 aliphatic rings. The Hall–Kier alpha value is -2.98. The molecule has 0 saturated heterocycles. The second-order valence-corrected chi connectivity index (χ2v) is 4.53. The molecule has 0 aliphatic heterocycles. The van der Waals surface area contributed by atoms with E-state index >= 15 is 0 Å². The molecule has 2 aromatic rings. The van der Waals surface area contributed by atoms with E-state index in [4.69, 9.17) is 10.5 Å². The minimum atomic E-state index is -0.949. The third-order valence-electron chi connectivity index (χ3n) is 3.14. The molecule has 0 spiro atoms. The number of carbonyl (C=O) groups excluding carboxylic acids is 1. The maximum Gasteiger partial charge on any atom is 0.180 e. The fraction of sp³-hybridized carbons (Fsp3) is 0.118. The molecule has 1 atom stereocenters. The molecule has 102 valence electrons. The quantitative estimate of drug-likeness (QED) is 0.806. The highest BCUT2D eigenvalue weighted by Gasteiger charge is 2.21. The van der Waals surface area contributed by atoms with Gasteiger partial charge in [-0.25, -0.2) is 4.39 Å². The molecule has 0 N–H and O–H groups in total. The van der Waals surface area contributed by atoms with Gasteiger partial charge in [-0.2, -0.15) is 10.5 Å². The number of carbonyl (C=O) groups is 1. The van der Waals surface area contributed by atoms with Crippen LogP contribution in [0, 0.1) is 34.4 Å². The maximum absolute atomic E-state index is 13.8. The molecule has 4 heteroatoms. The number of hydrogen-bond donors (Lipinski definition) is 0. The van der Waals surface area contributed by atoms with E-state index in [0.29, 0.717) is 5.56 Å². The summed E-state index contributed by atoms with van der Waals surface area (Å²) in [5.74, 6) is -1.85. The minimum Gasteiger partial charge on any atom is -0.293 e. The van der Waals surface area contributed by atoms with Crippen molar-refractivity contribution in [3.63, 3.8) is 0 Å². The van der Waals surface area contributed by atoms with Gasteiger partial charge in [0.25, 0.3) is 0 Å². The standard InChI is InChI=1S/C17H11FN2O/c18-16-8-12(10-19)6-7-14(16)9-15(11-20)17(21)13-4-2-1-3-5-13/h1-8,15H,9H2. The molecule has 0 saturated carbocycles. The van der Waals surface area contributed by atoms with E-state index in [1.54, 1.807) is 30.3 Å². The highest BCUT2D eigenvalue weighted by molar-refractivity contribution is 5.99. The second kappa shape index (κ2) is 6.45. The first-order valence-electron chi connectivity index (χ1n) is 6.33. The van der Waals surface area contributed by atoms with Crippen LogP contribution in [-0.2, 0) is 6.42 Å². The van der Waals surface area contributed by atoms with Crippen LogP contribution in [-0.4, -0.2) is 5.78 Å². The molecule has 0 amide bonds. The number of halogens is 1. The Morgan fingerprint density at radius 3 is 2.43 bits per heavy atom. The summed E-state index contributed by atoms with van der Waals surface area (Å²) in [6.45, 7) is 0. The summed E-state index contributed by atoms with van der Waals surface area (Å²) >= 11 is 0. The predicted octanol–water partition coefficient (Wildman–Crippen LogP) is 3.26. The van der Waals surface area contributed by atoms with Crippen molar-refractivity contribution in [2.75, 3.05) is 0 Å². The van der Waals surface area contributed by atoms with Crippen LogP contribution in [0.5, 0.6) is 0 Å². The van der Waals surface area contributed by atoms with Crippen molar-refractivity contribution >= 4 is 5.78 Å². The molecule has 0 fully saturated rings. The largest absolute Gasteiger partial charge is 0.293 e. The van der Waals surface area contributed by atoms with Gasteiger partial charge >= 0.3 is 0 Å². The minimum absolute atomic E-state index is 0.0121. The molecular formula is C17H11FN2O. The summed E-state index contributed by atoms with van der Waals surface area (Å²) in [5, 5.41) is 17.9. The van der Waals surface area contributed by atoms with Gasteiger partial charge in [0, 0.05) is 5.56 Å². The number of benzene rings is 2. The lowest BCUT2D eigenvalue weighted by molar-refractivity contribution is 0.0948. The fourth-order valence-corrected chi connectivity index (χ4v) is 2.00. The van der Waals surface area contributed by atoms with Gasteiger partial charge in [0.05, 0.1) is 17.7 Å². The normalized spacial score (nSPS) is 11.2. The first-order chi connectivity index (χ1) is 10.2. The average Bonchev–Trinajstić information content (AvgIpc) is 2.54. The summed E-state index contributed by atoms with van der Waals surface area (Å²) in [5.41, 5.74) is 0.891. The third kappa shape index (κ3) is 3.32. The molecule has 0 aromatic heterocycles. The summed E-state index contributed by atoms with van der Waals surface area (Å²) < 4.78 is 13.8. The molecule has 2 rings (SSSR count). The topological polar surface area (TPSA) is 64.7 Å². The maximum atomic E-state index is 13.8. The van der Waals surface area contributed by atoms with E-state index in [-0.39, 0.29) is 23.3 Å². The summed E-state index contributed by atoms with van der Waals surface area (Å²) in [4.78, 5) is 12.2. The van der Waals surface area contributed by atoms with Crippen molar-refractivity contribution in [3.05, 3.63) is 71.0 Å². The Morgan fingerprint density at radius 1 is 1.14 bits per heavy atom. The van der Waals surface area contributed by atoms with Gasteiger partial charge < -0.3 is 0 Å². The Morgan fingerprint density at radius 2 is 1.86 bits per heavy atom. The molecule has 21 heavy (non-hydrogen) atoms. The van der Waals surface area contributed by atoms with Crippen molar-refractivity contribution in [1.82, 2.24) is 0 Å². The van der Waals surface area contributed by atoms with Crippen LogP contribution in [0.1, 0.15) is 21.5 Å². The van der Waals surface area contributed by atoms with Gasteiger partial charge in [0.1, 0.15) is 11.7 Å². The van der Waals surface area contributed by atoms with Gasteiger partial charge in [-0.05, 0) is 24.1 Å². The van der Waals surface area contributed by atoms with Gasteiger partial charge in [0.15, 0.2) is 5.78 Å². The van der Waals surface area contributed by atoms with E-state index in [9.17, 15) is 9.18 Å². The smallest absolute Gasteiger partial charge is 0.180 e. The predicted molar refractivity (Wildman–Crippen MR) is 74.7 cm³/mol. The van der Waals surface area contributed by atoms with Crippen molar-refractivity contribution in [2.45, 2.75) is 6.42 Å². The molecule has 2 aromatic carbocycles. The number of nitrogens with zero attached hydrogens (tertiary/aromatic N) is 2. The van der Waals surface area contributed by atoms with Crippen LogP contribution in [0.15, 0.2) is 48.5 Å². The summed E-state index contributed by atoms with van der Waals surface area (Å²) in [6, 6.07) is 16.2. The number of hydrogen-bond acceptors (Lipinski definition) is 3. The zero-order valence-corrected chi connectivity index (χ0v) is 11.1. The van der Waals surface area contributed by atoms with Gasteiger partial charge in [-0.1, -0.05) is 36.4 Å². The summed E-state index contributed by atoms with van der Waals surface area (Å²) in [7, 11) is 0. The van der Waals surface area contributed by atoms with Gasteiger partial charge in [0.2, 0.25) is 0 Å². The molecule has 0 bridgehead atoms. The monoisotopic (exact) mass is 278 g/mol. The van der Waals surface area contributed by atoms with Crippen molar-refractivity contribution < 1.29 is 9.18 Å². The fourth-order valence-electron chi connectivity index (χ4n) is 2.00. The van der Waals surface area contributed by atoms with Crippen LogP contribution in [0.3, 0.4) is 0 Å². The van der Waals surface area contributed by atoms with E-state index in [0.717, 1.165) is 6.07 Å². The third-order valence-corrected chi connectivity index (χ3v) is 3.14. The van der Waals surface area contributed by atoms with Crippen LogP contribution in [0.25, 0.3) is 0 Å².